The Morgan fingerprint density at radius 1 is 1.50 bits per heavy atom. The van der Waals surface area contributed by atoms with Gasteiger partial charge in [-0.15, -0.1) is 0 Å². The van der Waals surface area contributed by atoms with Crippen LogP contribution in [0.25, 0.3) is 0 Å². The normalized spacial score (nSPS) is 30.0. The molecule has 0 aliphatic heterocycles. The molecule has 1 unspecified atom stereocenters. The van der Waals surface area contributed by atoms with Crippen molar-refractivity contribution in [2.45, 2.75) is 26.9 Å². The number of halogens is 1. The monoisotopic (exact) mass is 140 g/mol. The van der Waals surface area contributed by atoms with Crippen molar-refractivity contribution >= 4 is 0 Å². The van der Waals surface area contributed by atoms with Crippen molar-refractivity contribution < 1.29 is 4.39 Å². The Bertz CT molecular complexity index is 187. The molecule has 0 spiro atoms. The van der Waals surface area contributed by atoms with Gasteiger partial charge in [-0.1, -0.05) is 31.6 Å². The number of hydrogen-bond donors (Lipinski definition) is 0. The molecule has 0 N–H and O–H groups in total. The molecule has 1 heteroatoms. The summed E-state index contributed by atoms with van der Waals surface area (Å²) in [5.41, 5.74) is 0.817. The lowest BCUT2D eigenvalue weighted by Gasteiger charge is -2.30. The van der Waals surface area contributed by atoms with E-state index in [2.05, 4.69) is 0 Å². The van der Waals surface area contributed by atoms with Gasteiger partial charge in [-0.3, -0.25) is 0 Å². The summed E-state index contributed by atoms with van der Waals surface area (Å²) in [5, 5.41) is 0. The predicted molar refractivity (Wildman–Crippen MR) is 41.6 cm³/mol. The fourth-order valence-electron chi connectivity index (χ4n) is 0.970. The van der Waals surface area contributed by atoms with Gasteiger partial charge in [-0.2, -0.15) is 0 Å². The van der Waals surface area contributed by atoms with Gasteiger partial charge in [0.1, 0.15) is 6.17 Å². The average Bonchev–Trinajstić information content (AvgIpc) is 1.84. The first-order valence-corrected chi connectivity index (χ1v) is 3.55. The quantitative estimate of drug-likeness (QED) is 0.485. The largest absolute Gasteiger partial charge is 0.242 e. The first kappa shape index (κ1) is 7.52. The zero-order valence-electron chi connectivity index (χ0n) is 6.69. The smallest absolute Gasteiger partial charge is 0.127 e. The average molecular weight is 140 g/mol. The van der Waals surface area contributed by atoms with Crippen molar-refractivity contribution in [3.05, 3.63) is 23.8 Å². The van der Waals surface area contributed by atoms with E-state index in [1.165, 1.54) is 0 Å². The molecule has 0 aromatic carbocycles. The van der Waals surface area contributed by atoms with Crippen LogP contribution in [0.2, 0.25) is 0 Å². The van der Waals surface area contributed by atoms with Crippen molar-refractivity contribution in [3.8, 4) is 0 Å². The highest BCUT2D eigenvalue weighted by atomic mass is 19.1. The van der Waals surface area contributed by atoms with Gasteiger partial charge in [0.05, 0.1) is 0 Å². The Morgan fingerprint density at radius 2 is 2.10 bits per heavy atom. The van der Waals surface area contributed by atoms with Gasteiger partial charge in [0, 0.05) is 5.41 Å². The Labute approximate surface area is 61.4 Å². The van der Waals surface area contributed by atoms with Crippen molar-refractivity contribution in [2.24, 2.45) is 5.41 Å². The Balaban J connectivity index is 2.93. The molecular formula is C9H13F. The van der Waals surface area contributed by atoms with Gasteiger partial charge in [0.15, 0.2) is 0 Å². The molecule has 10 heavy (non-hydrogen) atoms. The topological polar surface area (TPSA) is 0 Å². The van der Waals surface area contributed by atoms with Gasteiger partial charge in [-0.25, -0.2) is 4.39 Å². The van der Waals surface area contributed by atoms with Crippen LogP contribution in [0, 0.1) is 5.41 Å². The van der Waals surface area contributed by atoms with Gasteiger partial charge in [0.25, 0.3) is 0 Å². The maximum absolute atomic E-state index is 13.1. The van der Waals surface area contributed by atoms with E-state index in [-0.39, 0.29) is 5.41 Å². The van der Waals surface area contributed by atoms with Crippen LogP contribution >= 0.6 is 0 Å². The standard InChI is InChI=1S/C9H13F/c1-7-5-4-6-8(10)9(7,2)3/h4-6,8H,1-3H3. The van der Waals surface area contributed by atoms with Crippen molar-refractivity contribution in [1.82, 2.24) is 0 Å². The lowest BCUT2D eigenvalue weighted by atomic mass is 9.78. The number of alkyl halides is 1. The molecule has 0 aromatic rings. The fourth-order valence-corrected chi connectivity index (χ4v) is 0.970. The fraction of sp³-hybridized carbons (Fsp3) is 0.556. The van der Waals surface area contributed by atoms with Gasteiger partial charge in [0.2, 0.25) is 0 Å². The third kappa shape index (κ3) is 1.00. The molecule has 0 saturated heterocycles. The van der Waals surface area contributed by atoms with Crippen LogP contribution in [-0.2, 0) is 0 Å². The van der Waals surface area contributed by atoms with Gasteiger partial charge < -0.3 is 0 Å². The molecule has 0 heterocycles. The number of allylic oxidation sites excluding steroid dienone is 4. The molecule has 0 amide bonds. The van der Waals surface area contributed by atoms with Gasteiger partial charge in [-0.05, 0) is 13.0 Å². The third-order valence-electron chi connectivity index (χ3n) is 2.33. The zero-order chi connectivity index (χ0) is 7.78. The van der Waals surface area contributed by atoms with E-state index in [1.54, 1.807) is 12.2 Å². The summed E-state index contributed by atoms with van der Waals surface area (Å²) in [4.78, 5) is 0. The summed E-state index contributed by atoms with van der Waals surface area (Å²) in [6, 6.07) is 0. The van der Waals surface area contributed by atoms with Crippen molar-refractivity contribution in [2.75, 3.05) is 0 Å². The van der Waals surface area contributed by atoms with E-state index in [0.717, 1.165) is 5.57 Å². The molecule has 0 saturated carbocycles. The Hall–Kier alpha value is -0.590. The lowest BCUT2D eigenvalue weighted by Crippen LogP contribution is -2.26. The molecular weight excluding hydrogens is 127 g/mol. The number of rotatable bonds is 0. The van der Waals surface area contributed by atoms with Crippen LogP contribution in [0.4, 0.5) is 4.39 Å². The molecule has 1 aliphatic carbocycles. The SMILES string of the molecule is CC1=CC=CC(F)C1(C)C. The molecule has 56 valence electrons. The van der Waals surface area contributed by atoms with E-state index in [9.17, 15) is 4.39 Å². The zero-order valence-corrected chi connectivity index (χ0v) is 6.69. The summed E-state index contributed by atoms with van der Waals surface area (Å²) in [6.07, 6.45) is 4.53. The first-order valence-electron chi connectivity index (χ1n) is 3.55. The van der Waals surface area contributed by atoms with Crippen LogP contribution in [0.1, 0.15) is 20.8 Å². The minimum atomic E-state index is -0.822. The highest BCUT2D eigenvalue weighted by Gasteiger charge is 2.30. The molecule has 1 atom stereocenters. The molecule has 1 rings (SSSR count). The van der Waals surface area contributed by atoms with Crippen LogP contribution in [-0.4, -0.2) is 6.17 Å². The second-order valence-corrected chi connectivity index (χ2v) is 3.36. The van der Waals surface area contributed by atoms with Gasteiger partial charge >= 0.3 is 0 Å². The van der Waals surface area contributed by atoms with E-state index >= 15 is 0 Å². The minimum absolute atomic E-state index is 0.297. The summed E-state index contributed by atoms with van der Waals surface area (Å²) < 4.78 is 13.1. The van der Waals surface area contributed by atoms with Crippen LogP contribution in [0.3, 0.4) is 0 Å². The molecule has 1 aliphatic rings. The van der Waals surface area contributed by atoms with Crippen molar-refractivity contribution in [3.63, 3.8) is 0 Å². The van der Waals surface area contributed by atoms with Crippen LogP contribution in [0.15, 0.2) is 23.8 Å². The summed E-state index contributed by atoms with van der Waals surface area (Å²) >= 11 is 0. The summed E-state index contributed by atoms with van der Waals surface area (Å²) in [7, 11) is 0. The molecule has 0 bridgehead atoms. The summed E-state index contributed by atoms with van der Waals surface area (Å²) in [6.45, 7) is 5.82. The Morgan fingerprint density at radius 3 is 2.50 bits per heavy atom. The first-order chi connectivity index (χ1) is 4.55. The third-order valence-corrected chi connectivity index (χ3v) is 2.33. The van der Waals surface area contributed by atoms with Crippen LogP contribution < -0.4 is 0 Å². The molecule has 0 nitrogen and oxygen atoms in total. The highest BCUT2D eigenvalue weighted by Crippen LogP contribution is 2.35. The van der Waals surface area contributed by atoms with Crippen LogP contribution in [0.5, 0.6) is 0 Å². The molecule has 0 radical (unpaired) electrons. The molecule has 0 aromatic heterocycles. The van der Waals surface area contributed by atoms with E-state index in [4.69, 9.17) is 0 Å². The Kier molecular flexibility index (Phi) is 1.67. The molecule has 0 fully saturated rings. The maximum Gasteiger partial charge on any atom is 0.127 e. The number of hydrogen-bond acceptors (Lipinski definition) is 0. The van der Waals surface area contributed by atoms with E-state index in [1.807, 2.05) is 26.8 Å². The second kappa shape index (κ2) is 2.22. The summed E-state index contributed by atoms with van der Waals surface area (Å²) in [5.74, 6) is 0. The van der Waals surface area contributed by atoms with E-state index < -0.39 is 6.17 Å². The van der Waals surface area contributed by atoms with E-state index in [0.29, 0.717) is 0 Å². The predicted octanol–water partition coefficient (Wildman–Crippen LogP) is 2.87. The minimum Gasteiger partial charge on any atom is -0.242 e. The maximum atomic E-state index is 13.1. The van der Waals surface area contributed by atoms with Crippen molar-refractivity contribution in [1.29, 1.82) is 0 Å². The second-order valence-electron chi connectivity index (χ2n) is 3.36. The highest BCUT2D eigenvalue weighted by molar-refractivity contribution is 5.26. The lowest BCUT2D eigenvalue weighted by molar-refractivity contribution is 0.225.